The highest BCUT2D eigenvalue weighted by Gasteiger charge is 2.26. The number of rotatable bonds is 8. The summed E-state index contributed by atoms with van der Waals surface area (Å²) in [5.74, 6) is -0.566. The molecule has 0 radical (unpaired) electrons. The van der Waals surface area contributed by atoms with Crippen molar-refractivity contribution in [3.8, 4) is 0 Å². The van der Waals surface area contributed by atoms with E-state index in [1.54, 1.807) is 0 Å². The number of non-ortho nitro benzene ring substituents is 2. The SMILES string of the molecule is Cc1cc(C)c2nc(N(CCCN(C)C)C(=O)c3cc([N+](=O)[O-])cc([N+](=O)[O-])c3)sc2c1.Cl. The fourth-order valence-corrected chi connectivity index (χ4v) is 4.55. The number of aryl methyl sites for hydroxylation is 2. The van der Waals surface area contributed by atoms with Crippen LogP contribution in [0.25, 0.3) is 10.2 Å². The van der Waals surface area contributed by atoms with Crippen LogP contribution in [0.1, 0.15) is 27.9 Å². The Morgan fingerprint density at radius 1 is 1.00 bits per heavy atom. The maximum absolute atomic E-state index is 13.4. The monoisotopic (exact) mass is 493 g/mol. The molecule has 12 heteroatoms. The minimum absolute atomic E-state index is 0. The highest BCUT2D eigenvalue weighted by atomic mass is 35.5. The van der Waals surface area contributed by atoms with Crippen molar-refractivity contribution in [3.05, 3.63) is 67.3 Å². The number of benzene rings is 2. The molecule has 1 heterocycles. The van der Waals surface area contributed by atoms with Crippen molar-refractivity contribution in [2.75, 3.05) is 32.1 Å². The van der Waals surface area contributed by atoms with Crippen LogP contribution in [0, 0.1) is 34.1 Å². The lowest BCUT2D eigenvalue weighted by atomic mass is 10.1. The number of hydrogen-bond donors (Lipinski definition) is 0. The fraction of sp³-hybridized carbons (Fsp3) is 0.333. The van der Waals surface area contributed by atoms with Gasteiger partial charge in [0.05, 0.1) is 31.7 Å². The van der Waals surface area contributed by atoms with Gasteiger partial charge in [0.1, 0.15) is 0 Å². The number of nitro groups is 2. The van der Waals surface area contributed by atoms with E-state index in [1.807, 2.05) is 45.0 Å². The summed E-state index contributed by atoms with van der Waals surface area (Å²) in [6, 6.07) is 6.98. The molecule has 0 aliphatic heterocycles. The van der Waals surface area contributed by atoms with E-state index in [0.717, 1.165) is 39.5 Å². The normalized spacial score (nSPS) is 10.8. The Hall–Kier alpha value is -3.15. The largest absolute Gasteiger partial charge is 0.309 e. The van der Waals surface area contributed by atoms with Gasteiger partial charge in [-0.05, 0) is 58.1 Å². The van der Waals surface area contributed by atoms with Gasteiger partial charge in [0.2, 0.25) is 0 Å². The maximum Gasteiger partial charge on any atom is 0.277 e. The lowest BCUT2D eigenvalue weighted by Crippen LogP contribution is -2.33. The van der Waals surface area contributed by atoms with Gasteiger partial charge in [-0.25, -0.2) is 4.98 Å². The van der Waals surface area contributed by atoms with E-state index in [2.05, 4.69) is 4.98 Å². The lowest BCUT2D eigenvalue weighted by Gasteiger charge is -2.21. The van der Waals surface area contributed by atoms with E-state index in [0.29, 0.717) is 24.6 Å². The molecule has 1 amide bonds. The third kappa shape index (κ3) is 6.01. The number of thiazole rings is 1. The van der Waals surface area contributed by atoms with Crippen LogP contribution < -0.4 is 4.90 Å². The fourth-order valence-electron chi connectivity index (χ4n) is 3.39. The van der Waals surface area contributed by atoms with E-state index >= 15 is 0 Å². The predicted molar refractivity (Wildman–Crippen MR) is 131 cm³/mol. The molecule has 0 spiro atoms. The first-order valence-corrected chi connectivity index (χ1v) is 10.7. The van der Waals surface area contributed by atoms with Crippen molar-refractivity contribution in [3.63, 3.8) is 0 Å². The van der Waals surface area contributed by atoms with Crippen LogP contribution in [-0.2, 0) is 0 Å². The second-order valence-electron chi connectivity index (χ2n) is 7.79. The molecule has 0 bridgehead atoms. The third-order valence-electron chi connectivity index (χ3n) is 4.85. The van der Waals surface area contributed by atoms with Crippen LogP contribution in [-0.4, -0.2) is 52.8 Å². The van der Waals surface area contributed by atoms with Gasteiger partial charge in [-0.1, -0.05) is 17.4 Å². The minimum Gasteiger partial charge on any atom is -0.309 e. The topological polar surface area (TPSA) is 123 Å². The molecule has 33 heavy (non-hydrogen) atoms. The van der Waals surface area contributed by atoms with Crippen molar-refractivity contribution in [2.45, 2.75) is 20.3 Å². The van der Waals surface area contributed by atoms with Gasteiger partial charge in [-0.15, -0.1) is 12.4 Å². The quantitative estimate of drug-likeness (QED) is 0.327. The summed E-state index contributed by atoms with van der Waals surface area (Å²) in [6.07, 6.45) is 0.629. The molecule has 10 nitrogen and oxygen atoms in total. The van der Waals surface area contributed by atoms with Gasteiger partial charge >= 0.3 is 0 Å². The lowest BCUT2D eigenvalue weighted by molar-refractivity contribution is -0.394. The number of nitrogens with zero attached hydrogens (tertiary/aromatic N) is 5. The Kier molecular flexibility index (Phi) is 8.42. The van der Waals surface area contributed by atoms with Crippen molar-refractivity contribution in [1.29, 1.82) is 0 Å². The molecule has 3 aromatic rings. The molecular weight excluding hydrogens is 470 g/mol. The zero-order chi connectivity index (χ0) is 23.6. The Labute approximate surface area is 200 Å². The molecule has 0 N–H and O–H groups in total. The smallest absolute Gasteiger partial charge is 0.277 e. The number of carbonyl (C=O) groups is 1. The molecule has 1 aromatic heterocycles. The summed E-state index contributed by atoms with van der Waals surface area (Å²) < 4.78 is 0.924. The first-order chi connectivity index (χ1) is 15.1. The van der Waals surface area contributed by atoms with E-state index in [-0.39, 0.29) is 18.0 Å². The van der Waals surface area contributed by atoms with Crippen molar-refractivity contribution >= 4 is 56.4 Å². The number of aromatic nitrogens is 1. The average Bonchev–Trinajstić information content (AvgIpc) is 3.14. The molecule has 2 aromatic carbocycles. The van der Waals surface area contributed by atoms with E-state index in [4.69, 9.17) is 0 Å². The van der Waals surface area contributed by atoms with Crippen LogP contribution in [0.4, 0.5) is 16.5 Å². The number of fused-ring (bicyclic) bond motifs is 1. The summed E-state index contributed by atoms with van der Waals surface area (Å²) in [4.78, 5) is 42.6. The zero-order valence-electron chi connectivity index (χ0n) is 18.6. The summed E-state index contributed by atoms with van der Waals surface area (Å²) in [7, 11) is 3.83. The Morgan fingerprint density at radius 3 is 2.15 bits per heavy atom. The highest BCUT2D eigenvalue weighted by molar-refractivity contribution is 7.22. The van der Waals surface area contributed by atoms with Crippen LogP contribution in [0.5, 0.6) is 0 Å². The van der Waals surface area contributed by atoms with Gasteiger partial charge < -0.3 is 4.90 Å². The number of carbonyl (C=O) groups excluding carboxylic acids is 1. The minimum atomic E-state index is -0.746. The number of anilines is 1. The first kappa shape index (κ1) is 26.1. The molecular formula is C21H24ClN5O5S. The average molecular weight is 494 g/mol. The summed E-state index contributed by atoms with van der Waals surface area (Å²) in [5.41, 5.74) is 1.70. The van der Waals surface area contributed by atoms with Crippen molar-refractivity contribution in [1.82, 2.24) is 9.88 Å². The second-order valence-corrected chi connectivity index (χ2v) is 8.80. The van der Waals surface area contributed by atoms with Gasteiger partial charge in [-0.3, -0.25) is 29.9 Å². The van der Waals surface area contributed by atoms with Gasteiger partial charge in [0, 0.05) is 18.7 Å². The van der Waals surface area contributed by atoms with E-state index in [1.165, 1.54) is 16.2 Å². The molecule has 176 valence electrons. The molecule has 0 atom stereocenters. The maximum atomic E-state index is 13.4. The van der Waals surface area contributed by atoms with Gasteiger partial charge in [0.25, 0.3) is 17.3 Å². The number of nitro benzene ring substituents is 2. The highest BCUT2D eigenvalue weighted by Crippen LogP contribution is 2.33. The first-order valence-electron chi connectivity index (χ1n) is 9.85. The molecule has 0 saturated heterocycles. The Balaban J connectivity index is 0.00000385. The molecule has 3 rings (SSSR count). The number of amides is 1. The van der Waals surface area contributed by atoms with Crippen LogP contribution >= 0.6 is 23.7 Å². The van der Waals surface area contributed by atoms with E-state index < -0.39 is 27.1 Å². The molecule has 0 saturated carbocycles. The molecule has 0 aliphatic rings. The summed E-state index contributed by atoms with van der Waals surface area (Å²) in [6.45, 7) is 4.95. The third-order valence-corrected chi connectivity index (χ3v) is 5.88. The van der Waals surface area contributed by atoms with Crippen LogP contribution in [0.15, 0.2) is 30.3 Å². The zero-order valence-corrected chi connectivity index (χ0v) is 20.2. The summed E-state index contributed by atoms with van der Waals surface area (Å²) in [5, 5.41) is 23.0. The molecule has 0 aliphatic carbocycles. The van der Waals surface area contributed by atoms with E-state index in [9.17, 15) is 25.0 Å². The second kappa shape index (κ2) is 10.6. The van der Waals surface area contributed by atoms with Gasteiger partial charge in [-0.2, -0.15) is 0 Å². The number of halogens is 1. The molecule has 0 unspecified atom stereocenters. The van der Waals surface area contributed by atoms with Crippen LogP contribution in [0.2, 0.25) is 0 Å². The predicted octanol–water partition coefficient (Wildman–Crippen LogP) is 4.75. The standard InChI is InChI=1S/C21H23N5O5S.ClH/c1-13-8-14(2)19-18(9-13)32-21(22-19)24(7-5-6-23(3)4)20(27)15-10-16(25(28)29)12-17(11-15)26(30)31;/h8-12H,5-7H2,1-4H3;1H. The van der Waals surface area contributed by atoms with Crippen molar-refractivity contribution < 1.29 is 14.6 Å². The van der Waals surface area contributed by atoms with Gasteiger partial charge in [0.15, 0.2) is 5.13 Å². The number of hydrogen-bond acceptors (Lipinski definition) is 8. The molecule has 0 fully saturated rings. The van der Waals surface area contributed by atoms with Crippen LogP contribution in [0.3, 0.4) is 0 Å². The Morgan fingerprint density at radius 2 is 1.61 bits per heavy atom. The Bertz CT molecular complexity index is 1180. The summed E-state index contributed by atoms with van der Waals surface area (Å²) >= 11 is 1.35. The van der Waals surface area contributed by atoms with Crippen molar-refractivity contribution in [2.24, 2.45) is 0 Å².